The van der Waals surface area contributed by atoms with Gasteiger partial charge >= 0.3 is 6.03 Å². The molecule has 0 saturated carbocycles. The van der Waals surface area contributed by atoms with E-state index in [9.17, 15) is 4.79 Å². The van der Waals surface area contributed by atoms with Crippen LogP contribution in [0.2, 0.25) is 5.02 Å². The molecule has 0 aromatic heterocycles. The van der Waals surface area contributed by atoms with E-state index >= 15 is 0 Å². The number of hydrogen-bond donors (Lipinski definition) is 1. The molecule has 0 fully saturated rings. The number of rotatable bonds is 2. The van der Waals surface area contributed by atoms with Crippen molar-refractivity contribution in [3.05, 3.63) is 34.9 Å². The Morgan fingerprint density at radius 3 is 2.72 bits per heavy atom. The van der Waals surface area contributed by atoms with Crippen molar-refractivity contribution >= 4 is 23.8 Å². The van der Waals surface area contributed by atoms with E-state index in [1.54, 1.807) is 6.21 Å². The van der Waals surface area contributed by atoms with E-state index in [1.165, 1.54) is 5.01 Å². The van der Waals surface area contributed by atoms with E-state index in [1.807, 2.05) is 38.1 Å². The number of benzene rings is 1. The van der Waals surface area contributed by atoms with Gasteiger partial charge in [0.15, 0.2) is 0 Å². The average molecular weight is 266 g/mol. The molecule has 1 atom stereocenters. The minimum atomic E-state index is -0.168. The fourth-order valence-electron chi connectivity index (χ4n) is 1.88. The van der Waals surface area contributed by atoms with E-state index in [2.05, 4.69) is 10.4 Å². The third kappa shape index (κ3) is 2.82. The highest BCUT2D eigenvalue weighted by Gasteiger charge is 2.28. The van der Waals surface area contributed by atoms with E-state index in [4.69, 9.17) is 11.6 Å². The fraction of sp³-hybridized carbons (Fsp3) is 0.385. The number of halogens is 1. The Morgan fingerprint density at radius 1 is 1.44 bits per heavy atom. The van der Waals surface area contributed by atoms with Crippen LogP contribution in [0, 0.1) is 0 Å². The van der Waals surface area contributed by atoms with Gasteiger partial charge in [0.25, 0.3) is 0 Å². The zero-order valence-corrected chi connectivity index (χ0v) is 11.2. The summed E-state index contributed by atoms with van der Waals surface area (Å²) in [5.74, 6) is 0. The number of amides is 2. The van der Waals surface area contributed by atoms with Crippen molar-refractivity contribution in [1.29, 1.82) is 0 Å². The molecule has 18 heavy (non-hydrogen) atoms. The minimum Gasteiger partial charge on any atom is -0.334 e. The van der Waals surface area contributed by atoms with Crippen LogP contribution in [0.1, 0.15) is 31.9 Å². The minimum absolute atomic E-state index is 0.0407. The standard InChI is InChI=1S/C13H16ClN3O/c1-9(2)16-13(18)17-12(7-8-15-17)10-3-5-11(14)6-4-10/h3-6,8-9,12H,7H2,1-2H3,(H,16,18). The normalized spacial score (nSPS) is 18.4. The molecule has 1 aromatic rings. The molecule has 1 N–H and O–H groups in total. The fourth-order valence-corrected chi connectivity index (χ4v) is 2.01. The van der Waals surface area contributed by atoms with Crippen LogP contribution in [0.4, 0.5) is 4.79 Å². The van der Waals surface area contributed by atoms with Crippen LogP contribution in [-0.4, -0.2) is 23.3 Å². The molecule has 0 bridgehead atoms. The lowest BCUT2D eigenvalue weighted by Gasteiger charge is -2.23. The summed E-state index contributed by atoms with van der Waals surface area (Å²) in [6.45, 7) is 3.85. The SMILES string of the molecule is CC(C)NC(=O)N1N=CCC1c1ccc(Cl)cc1. The summed E-state index contributed by atoms with van der Waals surface area (Å²) >= 11 is 5.86. The molecule has 0 spiro atoms. The molecule has 1 unspecified atom stereocenters. The molecule has 4 nitrogen and oxygen atoms in total. The number of hydrogen-bond acceptors (Lipinski definition) is 2. The topological polar surface area (TPSA) is 44.7 Å². The summed E-state index contributed by atoms with van der Waals surface area (Å²) in [4.78, 5) is 12.0. The summed E-state index contributed by atoms with van der Waals surface area (Å²) < 4.78 is 0. The second kappa shape index (κ2) is 5.40. The summed E-state index contributed by atoms with van der Waals surface area (Å²) in [6.07, 6.45) is 2.49. The van der Waals surface area contributed by atoms with Gasteiger partial charge in [0.2, 0.25) is 0 Å². The highest BCUT2D eigenvalue weighted by Crippen LogP contribution is 2.28. The first-order valence-electron chi connectivity index (χ1n) is 5.95. The third-order valence-corrected chi connectivity index (χ3v) is 2.96. The molecule has 0 aliphatic carbocycles. The van der Waals surface area contributed by atoms with Gasteiger partial charge in [0.1, 0.15) is 0 Å². The van der Waals surface area contributed by atoms with Gasteiger partial charge in [0, 0.05) is 23.7 Å². The molecule has 2 rings (SSSR count). The second-order valence-electron chi connectivity index (χ2n) is 4.55. The van der Waals surface area contributed by atoms with E-state index < -0.39 is 0 Å². The van der Waals surface area contributed by atoms with Gasteiger partial charge < -0.3 is 5.32 Å². The zero-order chi connectivity index (χ0) is 13.1. The number of hydrazone groups is 1. The van der Waals surface area contributed by atoms with Gasteiger partial charge in [-0.3, -0.25) is 0 Å². The number of carbonyl (C=O) groups excluding carboxylic acids is 1. The largest absolute Gasteiger partial charge is 0.338 e. The van der Waals surface area contributed by atoms with Gasteiger partial charge in [-0.05, 0) is 31.5 Å². The van der Waals surface area contributed by atoms with Crippen LogP contribution in [0.5, 0.6) is 0 Å². The molecule has 5 heteroatoms. The van der Waals surface area contributed by atoms with Crippen LogP contribution in [0.25, 0.3) is 0 Å². The average Bonchev–Trinajstić information content (AvgIpc) is 2.78. The van der Waals surface area contributed by atoms with Crippen LogP contribution >= 0.6 is 11.6 Å². The number of nitrogens with one attached hydrogen (secondary N) is 1. The van der Waals surface area contributed by atoms with Crippen LogP contribution in [0.3, 0.4) is 0 Å². The highest BCUT2D eigenvalue weighted by atomic mass is 35.5. The summed E-state index contributed by atoms with van der Waals surface area (Å²) in [5, 5.41) is 9.16. The van der Waals surface area contributed by atoms with Crippen molar-refractivity contribution in [2.75, 3.05) is 0 Å². The van der Waals surface area contributed by atoms with Gasteiger partial charge in [0.05, 0.1) is 6.04 Å². The molecular weight excluding hydrogens is 250 g/mol. The lowest BCUT2D eigenvalue weighted by molar-refractivity contribution is 0.183. The molecule has 0 radical (unpaired) electrons. The molecule has 96 valence electrons. The number of carbonyl (C=O) groups is 1. The Bertz CT molecular complexity index is 456. The number of nitrogens with zero attached hydrogens (tertiary/aromatic N) is 2. The lowest BCUT2D eigenvalue weighted by atomic mass is 10.1. The summed E-state index contributed by atoms with van der Waals surface area (Å²) in [7, 11) is 0. The second-order valence-corrected chi connectivity index (χ2v) is 4.99. The van der Waals surface area contributed by atoms with Crippen molar-refractivity contribution in [3.8, 4) is 0 Å². The predicted octanol–water partition coefficient (Wildman–Crippen LogP) is 3.19. The Kier molecular flexibility index (Phi) is 3.87. The predicted molar refractivity (Wildman–Crippen MR) is 72.8 cm³/mol. The van der Waals surface area contributed by atoms with Crippen molar-refractivity contribution in [3.63, 3.8) is 0 Å². The first-order chi connectivity index (χ1) is 8.58. The lowest BCUT2D eigenvalue weighted by Crippen LogP contribution is -2.40. The third-order valence-electron chi connectivity index (χ3n) is 2.70. The van der Waals surface area contributed by atoms with E-state index in [0.717, 1.165) is 12.0 Å². The molecule has 2 amide bonds. The van der Waals surface area contributed by atoms with Crippen LogP contribution in [-0.2, 0) is 0 Å². The maximum Gasteiger partial charge on any atom is 0.338 e. The first-order valence-corrected chi connectivity index (χ1v) is 6.33. The summed E-state index contributed by atoms with van der Waals surface area (Å²) in [6, 6.07) is 7.40. The van der Waals surface area contributed by atoms with Gasteiger partial charge in [-0.2, -0.15) is 5.10 Å². The Hall–Kier alpha value is -1.55. The zero-order valence-electron chi connectivity index (χ0n) is 10.4. The van der Waals surface area contributed by atoms with E-state index in [-0.39, 0.29) is 18.1 Å². The molecule has 0 saturated heterocycles. The molecule has 1 aliphatic heterocycles. The monoisotopic (exact) mass is 265 g/mol. The van der Waals surface area contributed by atoms with Gasteiger partial charge in [-0.15, -0.1) is 0 Å². The van der Waals surface area contributed by atoms with Crippen molar-refractivity contribution in [2.24, 2.45) is 5.10 Å². The van der Waals surface area contributed by atoms with Crippen molar-refractivity contribution in [2.45, 2.75) is 32.4 Å². The highest BCUT2D eigenvalue weighted by molar-refractivity contribution is 6.30. The first kappa shape index (κ1) is 12.9. The van der Waals surface area contributed by atoms with Crippen molar-refractivity contribution < 1.29 is 4.79 Å². The van der Waals surface area contributed by atoms with E-state index in [0.29, 0.717) is 5.02 Å². The van der Waals surface area contributed by atoms with Crippen LogP contribution in [0.15, 0.2) is 29.4 Å². The summed E-state index contributed by atoms with van der Waals surface area (Å²) in [5.41, 5.74) is 1.04. The Morgan fingerprint density at radius 2 is 2.11 bits per heavy atom. The van der Waals surface area contributed by atoms with Gasteiger partial charge in [-0.1, -0.05) is 23.7 Å². The molecule has 1 aromatic carbocycles. The maximum absolute atomic E-state index is 12.0. The van der Waals surface area contributed by atoms with Crippen LogP contribution < -0.4 is 5.32 Å². The van der Waals surface area contributed by atoms with Gasteiger partial charge in [-0.25, -0.2) is 9.80 Å². The smallest absolute Gasteiger partial charge is 0.334 e. The molecule has 1 aliphatic rings. The molecule has 1 heterocycles. The Labute approximate surface area is 112 Å². The Balaban J connectivity index is 2.13. The number of urea groups is 1. The maximum atomic E-state index is 12.0. The molecular formula is C13H16ClN3O. The quantitative estimate of drug-likeness (QED) is 0.877. The van der Waals surface area contributed by atoms with Crippen molar-refractivity contribution in [1.82, 2.24) is 10.3 Å².